The molecule has 9 heteroatoms. The fourth-order valence-electron chi connectivity index (χ4n) is 2.89. The molecule has 0 radical (unpaired) electrons. The van der Waals surface area contributed by atoms with Gasteiger partial charge in [-0.1, -0.05) is 28.1 Å². The van der Waals surface area contributed by atoms with E-state index in [4.69, 9.17) is 0 Å². The molecule has 0 bridgehead atoms. The van der Waals surface area contributed by atoms with Crippen LogP contribution in [0.4, 0.5) is 0 Å². The molecule has 144 valence electrons. The Kier molecular flexibility index (Phi) is 6.46. The summed E-state index contributed by atoms with van der Waals surface area (Å²) in [5.74, 6) is -0.145. The van der Waals surface area contributed by atoms with Gasteiger partial charge in [-0.05, 0) is 29.6 Å². The van der Waals surface area contributed by atoms with Crippen molar-refractivity contribution >= 4 is 49.0 Å². The van der Waals surface area contributed by atoms with E-state index in [-0.39, 0.29) is 42.5 Å². The van der Waals surface area contributed by atoms with E-state index in [1.54, 1.807) is 35.2 Å². The van der Waals surface area contributed by atoms with Crippen LogP contribution in [0.25, 0.3) is 0 Å². The molecule has 6 nitrogen and oxygen atoms in total. The van der Waals surface area contributed by atoms with E-state index in [0.717, 1.165) is 0 Å². The molecule has 0 saturated carbocycles. The minimum atomic E-state index is -3.58. The van der Waals surface area contributed by atoms with Gasteiger partial charge in [0.15, 0.2) is 5.78 Å². The Bertz CT molecular complexity index is 921. The number of carbonyl (C=O) groups is 2. The average Bonchev–Trinajstić information content (AvgIpc) is 3.21. The predicted octanol–water partition coefficient (Wildman–Crippen LogP) is 3.01. The Morgan fingerprint density at radius 3 is 2.41 bits per heavy atom. The maximum absolute atomic E-state index is 12.7. The van der Waals surface area contributed by atoms with Crippen LogP contribution in [0.3, 0.4) is 0 Å². The van der Waals surface area contributed by atoms with Crippen LogP contribution in [-0.2, 0) is 14.8 Å². The summed E-state index contributed by atoms with van der Waals surface area (Å²) in [7, 11) is -3.58. The van der Waals surface area contributed by atoms with Gasteiger partial charge in [-0.2, -0.15) is 4.31 Å². The lowest BCUT2D eigenvalue weighted by atomic mass is 10.1. The van der Waals surface area contributed by atoms with Crippen LogP contribution in [0.1, 0.15) is 22.5 Å². The molecular weight excluding hydrogens is 452 g/mol. The highest BCUT2D eigenvalue weighted by atomic mass is 79.9. The highest BCUT2D eigenvalue weighted by Crippen LogP contribution is 2.21. The van der Waals surface area contributed by atoms with E-state index >= 15 is 0 Å². The van der Waals surface area contributed by atoms with E-state index < -0.39 is 10.0 Å². The number of carbonyl (C=O) groups excluding carboxylic acids is 2. The average molecular weight is 471 g/mol. The molecule has 0 spiro atoms. The van der Waals surface area contributed by atoms with Crippen LogP contribution in [-0.4, -0.2) is 55.5 Å². The zero-order valence-corrected chi connectivity index (χ0v) is 17.7. The summed E-state index contributed by atoms with van der Waals surface area (Å²) in [6.45, 7) is 1.16. The second kappa shape index (κ2) is 8.64. The Labute approximate surface area is 171 Å². The van der Waals surface area contributed by atoms with Gasteiger partial charge >= 0.3 is 0 Å². The van der Waals surface area contributed by atoms with E-state index in [2.05, 4.69) is 15.9 Å². The molecule has 0 N–H and O–H groups in total. The fraction of sp³-hybridized carbons (Fsp3) is 0.333. The standard InChI is InChI=1S/C18H19BrN2O4S2/c19-14-3-1-4-15(13-14)27(24,25)21-10-8-20(9-11-21)18(23)7-6-16(22)17-5-2-12-26-17/h1-5,12-13H,6-11H2. The number of hydrogen-bond acceptors (Lipinski definition) is 5. The van der Waals surface area contributed by atoms with E-state index in [0.29, 0.717) is 22.4 Å². The lowest BCUT2D eigenvalue weighted by Gasteiger charge is -2.34. The number of halogens is 1. The Morgan fingerprint density at radius 2 is 1.78 bits per heavy atom. The number of rotatable bonds is 6. The first-order chi connectivity index (χ1) is 12.9. The first-order valence-corrected chi connectivity index (χ1v) is 11.6. The largest absolute Gasteiger partial charge is 0.340 e. The molecule has 27 heavy (non-hydrogen) atoms. The van der Waals surface area contributed by atoms with Crippen molar-refractivity contribution in [3.8, 4) is 0 Å². The number of sulfonamides is 1. The maximum Gasteiger partial charge on any atom is 0.243 e. The van der Waals surface area contributed by atoms with Gasteiger partial charge in [-0.3, -0.25) is 9.59 Å². The molecule has 3 rings (SSSR count). The smallest absolute Gasteiger partial charge is 0.243 e. The summed E-state index contributed by atoms with van der Waals surface area (Å²) < 4.78 is 27.5. The van der Waals surface area contributed by atoms with Crippen LogP contribution >= 0.6 is 27.3 Å². The van der Waals surface area contributed by atoms with Crippen molar-refractivity contribution in [3.05, 3.63) is 51.1 Å². The van der Waals surface area contributed by atoms with Crippen molar-refractivity contribution in [1.29, 1.82) is 0 Å². The van der Waals surface area contributed by atoms with Crippen molar-refractivity contribution in [2.75, 3.05) is 26.2 Å². The Balaban J connectivity index is 1.54. The number of benzene rings is 1. The molecule has 1 aliphatic rings. The molecule has 1 fully saturated rings. The predicted molar refractivity (Wildman–Crippen MR) is 107 cm³/mol. The number of hydrogen-bond donors (Lipinski definition) is 0. The van der Waals surface area contributed by atoms with E-state index in [9.17, 15) is 18.0 Å². The molecule has 0 atom stereocenters. The number of amides is 1. The zero-order valence-electron chi connectivity index (χ0n) is 14.5. The number of nitrogens with zero attached hydrogens (tertiary/aromatic N) is 2. The summed E-state index contributed by atoms with van der Waals surface area (Å²) in [5, 5.41) is 1.83. The van der Waals surface area contributed by atoms with E-state index in [1.807, 2.05) is 11.4 Å². The highest BCUT2D eigenvalue weighted by Gasteiger charge is 2.30. The fourth-order valence-corrected chi connectivity index (χ4v) is 5.61. The van der Waals surface area contributed by atoms with Crippen LogP contribution < -0.4 is 0 Å². The molecule has 0 unspecified atom stereocenters. The minimum Gasteiger partial charge on any atom is -0.340 e. The van der Waals surface area contributed by atoms with Gasteiger partial charge in [0, 0.05) is 43.5 Å². The summed E-state index contributed by atoms with van der Waals surface area (Å²) in [5.41, 5.74) is 0. The number of piperazine rings is 1. The van der Waals surface area contributed by atoms with Gasteiger partial charge in [-0.25, -0.2) is 8.42 Å². The number of Topliss-reactive ketones (excluding diaryl/α,β-unsaturated/α-hetero) is 1. The summed E-state index contributed by atoms with van der Waals surface area (Å²) >= 11 is 4.66. The van der Waals surface area contributed by atoms with Crippen LogP contribution in [0.5, 0.6) is 0 Å². The second-order valence-corrected chi connectivity index (χ2v) is 9.94. The molecule has 1 aromatic heterocycles. The third-order valence-corrected chi connectivity index (χ3v) is 7.69. The second-order valence-electron chi connectivity index (χ2n) is 6.14. The molecule has 1 saturated heterocycles. The zero-order chi connectivity index (χ0) is 19.4. The van der Waals surface area contributed by atoms with Gasteiger partial charge in [0.2, 0.25) is 15.9 Å². The summed E-state index contributed by atoms with van der Waals surface area (Å²) in [6.07, 6.45) is 0.324. The monoisotopic (exact) mass is 470 g/mol. The number of thiophene rings is 1. The van der Waals surface area contributed by atoms with Crippen molar-refractivity contribution < 1.29 is 18.0 Å². The molecule has 1 aliphatic heterocycles. The molecule has 2 heterocycles. The SMILES string of the molecule is O=C(CCC(=O)N1CCN(S(=O)(=O)c2cccc(Br)c2)CC1)c1cccs1. The van der Waals surface area contributed by atoms with Crippen molar-refractivity contribution in [2.24, 2.45) is 0 Å². The quantitative estimate of drug-likeness (QED) is 0.608. The van der Waals surface area contributed by atoms with Crippen molar-refractivity contribution in [3.63, 3.8) is 0 Å². The van der Waals surface area contributed by atoms with Crippen LogP contribution in [0.2, 0.25) is 0 Å². The van der Waals surface area contributed by atoms with Crippen LogP contribution in [0.15, 0.2) is 51.1 Å². The van der Waals surface area contributed by atoms with Gasteiger partial charge < -0.3 is 4.90 Å². The normalized spacial score (nSPS) is 15.7. The van der Waals surface area contributed by atoms with Gasteiger partial charge in [0.25, 0.3) is 0 Å². The first-order valence-electron chi connectivity index (χ1n) is 8.48. The Hall–Kier alpha value is -1.55. The summed E-state index contributed by atoms with van der Waals surface area (Å²) in [6, 6.07) is 10.2. The van der Waals surface area contributed by atoms with Crippen molar-refractivity contribution in [1.82, 2.24) is 9.21 Å². The van der Waals surface area contributed by atoms with Gasteiger partial charge in [0.1, 0.15) is 0 Å². The van der Waals surface area contributed by atoms with Gasteiger partial charge in [0.05, 0.1) is 9.77 Å². The molecule has 1 aromatic carbocycles. The molecule has 2 aromatic rings. The third kappa shape index (κ3) is 4.84. The van der Waals surface area contributed by atoms with E-state index in [1.165, 1.54) is 15.6 Å². The maximum atomic E-state index is 12.7. The third-order valence-electron chi connectivity index (χ3n) is 4.39. The molecular formula is C18H19BrN2O4S2. The van der Waals surface area contributed by atoms with Gasteiger partial charge in [-0.15, -0.1) is 11.3 Å². The lowest BCUT2D eigenvalue weighted by molar-refractivity contribution is -0.132. The Morgan fingerprint density at radius 1 is 1.04 bits per heavy atom. The lowest BCUT2D eigenvalue weighted by Crippen LogP contribution is -2.50. The molecule has 1 amide bonds. The molecule has 0 aliphatic carbocycles. The topological polar surface area (TPSA) is 74.8 Å². The minimum absolute atomic E-state index is 0.0331. The highest BCUT2D eigenvalue weighted by molar-refractivity contribution is 9.10. The first kappa shape index (κ1) is 20.2. The van der Waals surface area contributed by atoms with Crippen LogP contribution in [0, 0.1) is 0 Å². The summed E-state index contributed by atoms with van der Waals surface area (Å²) in [4.78, 5) is 26.9. The number of ketones is 1. The van der Waals surface area contributed by atoms with Crippen molar-refractivity contribution in [2.45, 2.75) is 17.7 Å².